The van der Waals surface area contributed by atoms with Gasteiger partial charge in [0.05, 0.1) is 24.7 Å². The normalized spacial score (nSPS) is 24.9. The molecule has 2 N–H and O–H groups in total. The van der Waals surface area contributed by atoms with Crippen LogP contribution in [0.15, 0.2) is 41.1 Å². The Balaban J connectivity index is 1.41. The highest BCUT2D eigenvalue weighted by Gasteiger charge is 2.34. The summed E-state index contributed by atoms with van der Waals surface area (Å²) in [4.78, 5) is 30.8. The van der Waals surface area contributed by atoms with Crippen molar-refractivity contribution in [1.82, 2.24) is 15.2 Å². The van der Waals surface area contributed by atoms with Crippen molar-refractivity contribution < 1.29 is 23.8 Å². The van der Waals surface area contributed by atoms with Gasteiger partial charge in [0.25, 0.3) is 5.91 Å². The number of nitrogens with zero attached hydrogens (tertiary/aromatic N) is 2. The van der Waals surface area contributed by atoms with Crippen LogP contribution in [0.5, 0.6) is 0 Å². The fraction of sp³-hybridized carbons (Fsp3) is 0.450. The van der Waals surface area contributed by atoms with E-state index >= 15 is 0 Å². The monoisotopic (exact) mass is 385 g/mol. The molecule has 4 rings (SSSR count). The summed E-state index contributed by atoms with van der Waals surface area (Å²) in [5.74, 6) is 0.252. The molecule has 2 saturated heterocycles. The van der Waals surface area contributed by atoms with E-state index in [1.165, 1.54) is 0 Å². The van der Waals surface area contributed by atoms with Crippen LogP contribution < -0.4 is 5.32 Å². The Morgan fingerprint density at radius 2 is 2.00 bits per heavy atom. The fourth-order valence-electron chi connectivity index (χ4n) is 3.59. The van der Waals surface area contributed by atoms with Gasteiger partial charge in [0.1, 0.15) is 5.76 Å². The van der Waals surface area contributed by atoms with Crippen molar-refractivity contribution in [3.8, 4) is 11.3 Å². The van der Waals surface area contributed by atoms with Gasteiger partial charge < -0.3 is 24.5 Å². The van der Waals surface area contributed by atoms with Crippen molar-refractivity contribution in [2.75, 3.05) is 26.3 Å². The number of aromatic nitrogens is 1. The van der Waals surface area contributed by atoms with Crippen molar-refractivity contribution in [2.24, 2.45) is 5.92 Å². The second kappa shape index (κ2) is 8.12. The molecule has 0 saturated carbocycles. The van der Waals surface area contributed by atoms with E-state index in [1.54, 1.807) is 29.4 Å². The average molecular weight is 385 g/mol. The van der Waals surface area contributed by atoms with E-state index in [9.17, 15) is 14.7 Å². The van der Waals surface area contributed by atoms with Gasteiger partial charge in [-0.05, 0) is 37.1 Å². The van der Waals surface area contributed by atoms with Crippen molar-refractivity contribution >= 4 is 11.8 Å². The number of aliphatic hydroxyl groups excluding tert-OH is 1. The number of aliphatic hydroxyl groups is 1. The van der Waals surface area contributed by atoms with Gasteiger partial charge in [-0.1, -0.05) is 0 Å². The predicted molar refractivity (Wildman–Crippen MR) is 99.3 cm³/mol. The van der Waals surface area contributed by atoms with Crippen molar-refractivity contribution in [2.45, 2.75) is 25.0 Å². The van der Waals surface area contributed by atoms with Crippen LogP contribution in [-0.4, -0.2) is 65.3 Å². The summed E-state index contributed by atoms with van der Waals surface area (Å²) in [6.45, 7) is 1.63. The summed E-state index contributed by atoms with van der Waals surface area (Å²) >= 11 is 0. The van der Waals surface area contributed by atoms with Crippen LogP contribution in [0.4, 0.5) is 0 Å². The number of nitrogens with one attached hydrogen (secondary N) is 1. The Bertz CT molecular complexity index is 831. The first-order chi connectivity index (χ1) is 13.6. The Morgan fingerprint density at radius 1 is 1.18 bits per heavy atom. The summed E-state index contributed by atoms with van der Waals surface area (Å²) in [6.07, 6.45) is 3.72. The van der Waals surface area contributed by atoms with Crippen LogP contribution in [0.2, 0.25) is 0 Å². The van der Waals surface area contributed by atoms with E-state index in [4.69, 9.17) is 9.15 Å². The van der Waals surface area contributed by atoms with Crippen molar-refractivity contribution in [3.05, 3.63) is 42.4 Å². The van der Waals surface area contributed by atoms with Crippen LogP contribution in [0, 0.1) is 5.92 Å². The van der Waals surface area contributed by atoms with Gasteiger partial charge in [-0.25, -0.2) is 0 Å². The highest BCUT2D eigenvalue weighted by Crippen LogP contribution is 2.23. The summed E-state index contributed by atoms with van der Waals surface area (Å²) in [5.41, 5.74) is 0.840. The zero-order chi connectivity index (χ0) is 19.5. The lowest BCUT2D eigenvalue weighted by Gasteiger charge is -2.36. The molecular weight excluding hydrogens is 362 g/mol. The van der Waals surface area contributed by atoms with Crippen LogP contribution in [-0.2, 0) is 9.53 Å². The number of hydrogen-bond acceptors (Lipinski definition) is 6. The number of amides is 2. The third-order valence-corrected chi connectivity index (χ3v) is 5.27. The highest BCUT2D eigenvalue weighted by atomic mass is 16.5. The second-order valence-electron chi connectivity index (χ2n) is 7.18. The maximum atomic E-state index is 12.8. The molecule has 2 fully saturated rings. The lowest BCUT2D eigenvalue weighted by Crippen LogP contribution is -2.57. The van der Waals surface area contributed by atoms with Crippen LogP contribution in [0.1, 0.15) is 23.4 Å². The van der Waals surface area contributed by atoms with Gasteiger partial charge in [0, 0.05) is 37.7 Å². The molecule has 2 aliphatic rings. The first kappa shape index (κ1) is 18.6. The molecule has 0 aromatic carbocycles. The fourth-order valence-corrected chi connectivity index (χ4v) is 3.59. The molecule has 28 heavy (non-hydrogen) atoms. The lowest BCUT2D eigenvalue weighted by molar-refractivity contribution is -0.127. The molecule has 148 valence electrons. The Kier molecular flexibility index (Phi) is 5.40. The molecule has 8 nitrogen and oxygen atoms in total. The minimum Gasteiger partial charge on any atom is -0.451 e. The summed E-state index contributed by atoms with van der Waals surface area (Å²) < 4.78 is 11.0. The molecule has 8 heteroatoms. The summed E-state index contributed by atoms with van der Waals surface area (Å²) in [6, 6.07) is 6.51. The number of pyridine rings is 1. The van der Waals surface area contributed by atoms with E-state index in [2.05, 4.69) is 10.3 Å². The van der Waals surface area contributed by atoms with E-state index in [1.807, 2.05) is 12.1 Å². The molecule has 0 aliphatic carbocycles. The maximum Gasteiger partial charge on any atom is 0.289 e. The third kappa shape index (κ3) is 3.93. The molecule has 2 amide bonds. The van der Waals surface area contributed by atoms with Crippen molar-refractivity contribution in [1.29, 1.82) is 0 Å². The van der Waals surface area contributed by atoms with Gasteiger partial charge in [-0.2, -0.15) is 0 Å². The van der Waals surface area contributed by atoms with E-state index in [0.29, 0.717) is 38.4 Å². The molecule has 2 aromatic rings. The maximum absolute atomic E-state index is 12.8. The second-order valence-corrected chi connectivity index (χ2v) is 7.18. The number of carbonyl (C=O) groups excluding carboxylic acids is 2. The quantitative estimate of drug-likeness (QED) is 0.816. The average Bonchev–Trinajstić information content (AvgIpc) is 3.42. The van der Waals surface area contributed by atoms with E-state index < -0.39 is 12.1 Å². The molecule has 2 aliphatic heterocycles. The zero-order valence-electron chi connectivity index (χ0n) is 15.4. The number of furan rings is 1. The highest BCUT2D eigenvalue weighted by molar-refractivity contribution is 5.92. The summed E-state index contributed by atoms with van der Waals surface area (Å²) in [5, 5.41) is 13.1. The number of carbonyl (C=O) groups is 2. The molecule has 0 bridgehead atoms. The third-order valence-electron chi connectivity index (χ3n) is 5.27. The first-order valence-corrected chi connectivity index (χ1v) is 9.47. The number of ether oxygens (including phenoxy) is 1. The van der Waals surface area contributed by atoms with Gasteiger partial charge in [0.2, 0.25) is 5.91 Å². The Morgan fingerprint density at radius 3 is 2.75 bits per heavy atom. The smallest absolute Gasteiger partial charge is 0.289 e. The minimum atomic E-state index is -0.681. The summed E-state index contributed by atoms with van der Waals surface area (Å²) in [7, 11) is 0. The molecule has 0 spiro atoms. The number of rotatable bonds is 4. The number of likely N-dealkylation sites (tertiary alicyclic amines) is 1. The zero-order valence-corrected chi connectivity index (χ0v) is 15.4. The molecule has 4 heterocycles. The molecule has 0 radical (unpaired) electrons. The van der Waals surface area contributed by atoms with Gasteiger partial charge in [0.15, 0.2) is 5.76 Å². The number of hydrogen-bond donors (Lipinski definition) is 2. The SMILES string of the molecule is O=C(N[C@@H]1CN(C(=O)c2ccc(-c3ccncc3)o2)CC[C@H]1O)C1CCOC1. The van der Waals surface area contributed by atoms with Gasteiger partial charge >= 0.3 is 0 Å². The van der Waals surface area contributed by atoms with Crippen LogP contribution in [0.3, 0.4) is 0 Å². The minimum absolute atomic E-state index is 0.131. The molecular formula is C20H23N3O5. The van der Waals surface area contributed by atoms with E-state index in [0.717, 1.165) is 5.56 Å². The predicted octanol–water partition coefficient (Wildman–Crippen LogP) is 1.07. The van der Waals surface area contributed by atoms with Crippen LogP contribution >= 0.6 is 0 Å². The van der Waals surface area contributed by atoms with Crippen LogP contribution in [0.25, 0.3) is 11.3 Å². The molecule has 1 unspecified atom stereocenters. The van der Waals surface area contributed by atoms with E-state index in [-0.39, 0.29) is 30.0 Å². The molecule has 2 aromatic heterocycles. The van der Waals surface area contributed by atoms with Crippen molar-refractivity contribution in [3.63, 3.8) is 0 Å². The largest absolute Gasteiger partial charge is 0.451 e. The molecule has 3 atom stereocenters. The topological polar surface area (TPSA) is 105 Å². The lowest BCUT2D eigenvalue weighted by atomic mass is 10.00. The number of piperidine rings is 1. The Labute approximate surface area is 162 Å². The van der Waals surface area contributed by atoms with Gasteiger partial charge in [-0.15, -0.1) is 0 Å². The first-order valence-electron chi connectivity index (χ1n) is 9.47. The Hall–Kier alpha value is -2.71. The standard InChI is InChI=1S/C20H23N3O5/c24-16-5-9-23(11-15(16)22-19(25)14-6-10-27-12-14)20(26)18-2-1-17(28-18)13-3-7-21-8-4-13/h1-4,7-8,14-16,24H,5-6,9-12H2,(H,22,25)/t14?,15-,16-/m1/s1. The van der Waals surface area contributed by atoms with Gasteiger partial charge in [-0.3, -0.25) is 14.6 Å².